The summed E-state index contributed by atoms with van der Waals surface area (Å²) >= 11 is 7.03. The van der Waals surface area contributed by atoms with Crippen LogP contribution in [0.5, 0.6) is 0 Å². The summed E-state index contributed by atoms with van der Waals surface area (Å²) in [6, 6.07) is 7.35. The standard InChI is InChI=1S/C17H19ClN2O3S/c1-3-8-23-15(21)10-24-17-19-11(2)14(16(22)20-17)9-12-4-6-13(18)7-5-12/h4-7H,3,8-10H2,1-2H3,(H,19,20,22). The van der Waals surface area contributed by atoms with E-state index in [9.17, 15) is 9.59 Å². The second-order valence-corrected chi connectivity index (χ2v) is 6.65. The van der Waals surface area contributed by atoms with Gasteiger partial charge in [0, 0.05) is 22.7 Å². The van der Waals surface area contributed by atoms with E-state index in [1.54, 1.807) is 19.1 Å². The molecule has 1 heterocycles. The Hall–Kier alpha value is -1.79. The van der Waals surface area contributed by atoms with Gasteiger partial charge < -0.3 is 9.72 Å². The van der Waals surface area contributed by atoms with E-state index in [-0.39, 0.29) is 17.3 Å². The summed E-state index contributed by atoms with van der Waals surface area (Å²) in [5.41, 5.74) is 2.05. The van der Waals surface area contributed by atoms with E-state index in [0.717, 1.165) is 12.0 Å². The number of nitrogens with one attached hydrogen (secondary N) is 1. The molecule has 0 saturated heterocycles. The van der Waals surface area contributed by atoms with Crippen LogP contribution < -0.4 is 5.56 Å². The molecule has 0 radical (unpaired) electrons. The maximum Gasteiger partial charge on any atom is 0.316 e. The van der Waals surface area contributed by atoms with Crippen molar-refractivity contribution in [1.29, 1.82) is 0 Å². The number of H-pyrrole nitrogens is 1. The number of hydrogen-bond donors (Lipinski definition) is 1. The number of aromatic nitrogens is 2. The summed E-state index contributed by atoms with van der Waals surface area (Å²) in [7, 11) is 0. The van der Waals surface area contributed by atoms with Crippen molar-refractivity contribution in [2.24, 2.45) is 0 Å². The SMILES string of the molecule is CCCOC(=O)CSc1nc(C)c(Cc2ccc(Cl)cc2)c(=O)[nH]1. The fourth-order valence-electron chi connectivity index (χ4n) is 2.05. The van der Waals surface area contributed by atoms with Gasteiger partial charge in [-0.25, -0.2) is 4.98 Å². The molecular weight excluding hydrogens is 348 g/mol. The molecule has 24 heavy (non-hydrogen) atoms. The van der Waals surface area contributed by atoms with Crippen molar-refractivity contribution in [3.63, 3.8) is 0 Å². The fraction of sp³-hybridized carbons (Fsp3) is 0.353. The van der Waals surface area contributed by atoms with E-state index < -0.39 is 0 Å². The number of esters is 1. The molecule has 2 rings (SSSR count). The number of nitrogens with zero attached hydrogens (tertiary/aromatic N) is 1. The first-order chi connectivity index (χ1) is 11.5. The minimum absolute atomic E-state index is 0.124. The van der Waals surface area contributed by atoms with E-state index in [1.165, 1.54) is 11.8 Å². The van der Waals surface area contributed by atoms with Crippen molar-refractivity contribution in [2.45, 2.75) is 31.8 Å². The zero-order valence-electron chi connectivity index (χ0n) is 13.6. The van der Waals surface area contributed by atoms with Crippen LogP contribution in [0.4, 0.5) is 0 Å². The molecule has 128 valence electrons. The Kier molecular flexibility index (Phi) is 6.87. The predicted molar refractivity (Wildman–Crippen MR) is 95.8 cm³/mol. The highest BCUT2D eigenvalue weighted by Crippen LogP contribution is 2.16. The van der Waals surface area contributed by atoms with Gasteiger partial charge in [0.05, 0.1) is 12.4 Å². The molecular formula is C17H19ClN2O3S. The van der Waals surface area contributed by atoms with Crippen molar-refractivity contribution in [1.82, 2.24) is 9.97 Å². The van der Waals surface area contributed by atoms with E-state index in [1.807, 2.05) is 19.1 Å². The van der Waals surface area contributed by atoms with Crippen molar-refractivity contribution in [2.75, 3.05) is 12.4 Å². The van der Waals surface area contributed by atoms with Gasteiger partial charge in [-0.1, -0.05) is 42.4 Å². The average Bonchev–Trinajstić information content (AvgIpc) is 2.56. The first-order valence-corrected chi connectivity index (χ1v) is 8.98. The Labute approximate surface area is 149 Å². The van der Waals surface area contributed by atoms with Gasteiger partial charge in [-0.05, 0) is 31.0 Å². The molecule has 1 aromatic carbocycles. The smallest absolute Gasteiger partial charge is 0.316 e. The van der Waals surface area contributed by atoms with Crippen LogP contribution in [0.1, 0.15) is 30.2 Å². The molecule has 0 atom stereocenters. The molecule has 0 aliphatic rings. The third-order valence-corrected chi connectivity index (χ3v) is 4.39. The quantitative estimate of drug-likeness (QED) is 0.462. The van der Waals surface area contributed by atoms with Crippen LogP contribution in [-0.4, -0.2) is 28.3 Å². The summed E-state index contributed by atoms with van der Waals surface area (Å²) in [5, 5.41) is 1.08. The van der Waals surface area contributed by atoms with Gasteiger partial charge in [0.1, 0.15) is 0 Å². The number of thioether (sulfide) groups is 1. The molecule has 1 N–H and O–H groups in total. The van der Waals surface area contributed by atoms with Crippen molar-refractivity contribution >= 4 is 29.3 Å². The number of carbonyl (C=O) groups excluding carboxylic acids is 1. The molecule has 0 saturated carbocycles. The highest BCUT2D eigenvalue weighted by molar-refractivity contribution is 7.99. The van der Waals surface area contributed by atoms with Crippen molar-refractivity contribution < 1.29 is 9.53 Å². The second-order valence-electron chi connectivity index (χ2n) is 5.25. The molecule has 0 aliphatic carbocycles. The van der Waals surface area contributed by atoms with Crippen LogP contribution in [0.3, 0.4) is 0 Å². The molecule has 5 nitrogen and oxygen atoms in total. The molecule has 0 unspecified atom stereocenters. The highest BCUT2D eigenvalue weighted by atomic mass is 35.5. The van der Waals surface area contributed by atoms with Gasteiger partial charge in [-0.3, -0.25) is 9.59 Å². The average molecular weight is 367 g/mol. The summed E-state index contributed by atoms with van der Waals surface area (Å²) in [6.07, 6.45) is 1.26. The topological polar surface area (TPSA) is 72.0 Å². The van der Waals surface area contributed by atoms with Gasteiger partial charge in [0.15, 0.2) is 5.16 Å². The maximum absolute atomic E-state index is 12.3. The summed E-state index contributed by atoms with van der Waals surface area (Å²) in [5.74, 6) is -0.189. The highest BCUT2D eigenvalue weighted by Gasteiger charge is 2.11. The normalized spacial score (nSPS) is 10.6. The van der Waals surface area contributed by atoms with Crippen LogP contribution in [0.15, 0.2) is 34.2 Å². The molecule has 0 spiro atoms. The Morgan fingerprint density at radius 3 is 2.67 bits per heavy atom. The number of benzene rings is 1. The van der Waals surface area contributed by atoms with Gasteiger partial charge in [-0.15, -0.1) is 0 Å². The number of halogens is 1. The number of aromatic amines is 1. The van der Waals surface area contributed by atoms with Crippen LogP contribution in [0, 0.1) is 6.92 Å². The zero-order chi connectivity index (χ0) is 17.5. The van der Waals surface area contributed by atoms with Gasteiger partial charge in [0.25, 0.3) is 5.56 Å². The second kappa shape index (κ2) is 8.89. The molecule has 0 amide bonds. The number of carbonyl (C=O) groups is 1. The predicted octanol–water partition coefficient (Wildman–Crippen LogP) is 3.37. The number of hydrogen-bond acceptors (Lipinski definition) is 5. The number of rotatable bonds is 7. The van der Waals surface area contributed by atoms with E-state index in [4.69, 9.17) is 16.3 Å². The molecule has 2 aromatic rings. The van der Waals surface area contributed by atoms with Crippen LogP contribution >= 0.6 is 23.4 Å². The Morgan fingerprint density at radius 2 is 2.04 bits per heavy atom. The molecule has 0 fully saturated rings. The molecule has 0 aliphatic heterocycles. The molecule has 0 bridgehead atoms. The van der Waals surface area contributed by atoms with Gasteiger partial charge in [0.2, 0.25) is 0 Å². The summed E-state index contributed by atoms with van der Waals surface area (Å²) in [4.78, 5) is 30.9. The van der Waals surface area contributed by atoms with Crippen LogP contribution in [0.2, 0.25) is 5.02 Å². The molecule has 7 heteroatoms. The Morgan fingerprint density at radius 1 is 1.33 bits per heavy atom. The third kappa shape index (κ3) is 5.39. The zero-order valence-corrected chi connectivity index (χ0v) is 15.2. The summed E-state index contributed by atoms with van der Waals surface area (Å²) in [6.45, 7) is 4.13. The molecule has 1 aromatic heterocycles. The van der Waals surface area contributed by atoms with Gasteiger partial charge >= 0.3 is 5.97 Å². The lowest BCUT2D eigenvalue weighted by Crippen LogP contribution is -2.18. The Balaban J connectivity index is 2.06. The maximum atomic E-state index is 12.3. The Bertz CT molecular complexity index is 759. The fourth-order valence-corrected chi connectivity index (χ4v) is 2.88. The monoisotopic (exact) mass is 366 g/mol. The minimum atomic E-state index is -0.313. The first-order valence-electron chi connectivity index (χ1n) is 7.62. The van der Waals surface area contributed by atoms with Crippen LogP contribution in [0.25, 0.3) is 0 Å². The van der Waals surface area contributed by atoms with E-state index >= 15 is 0 Å². The minimum Gasteiger partial charge on any atom is -0.465 e. The van der Waals surface area contributed by atoms with E-state index in [2.05, 4.69) is 9.97 Å². The van der Waals surface area contributed by atoms with Crippen molar-refractivity contribution in [3.05, 3.63) is 56.5 Å². The third-order valence-electron chi connectivity index (χ3n) is 3.29. The van der Waals surface area contributed by atoms with E-state index in [0.29, 0.717) is 34.5 Å². The lowest BCUT2D eigenvalue weighted by atomic mass is 10.1. The lowest BCUT2D eigenvalue weighted by molar-refractivity contribution is -0.140. The number of ether oxygens (including phenoxy) is 1. The van der Waals surface area contributed by atoms with Crippen LogP contribution in [-0.2, 0) is 16.0 Å². The first kappa shape index (κ1) is 18.5. The van der Waals surface area contributed by atoms with Crippen molar-refractivity contribution in [3.8, 4) is 0 Å². The summed E-state index contributed by atoms with van der Waals surface area (Å²) < 4.78 is 5.00. The lowest BCUT2D eigenvalue weighted by Gasteiger charge is -2.07. The van der Waals surface area contributed by atoms with Gasteiger partial charge in [-0.2, -0.15) is 0 Å². The number of aryl methyl sites for hydroxylation is 1. The largest absolute Gasteiger partial charge is 0.465 e.